The lowest BCUT2D eigenvalue weighted by Gasteiger charge is -2.27. The smallest absolute Gasteiger partial charge is 0.269 e. The SMILES string of the molecule is O=[N+]([O-])c1ccc(NN=Cc2ccc(N3CCOCC3)s2)cc1. The van der Waals surface area contributed by atoms with Gasteiger partial charge < -0.3 is 9.64 Å². The summed E-state index contributed by atoms with van der Waals surface area (Å²) in [6, 6.07) is 10.3. The van der Waals surface area contributed by atoms with Gasteiger partial charge in [0.2, 0.25) is 0 Å². The fraction of sp³-hybridized carbons (Fsp3) is 0.267. The standard InChI is InChI=1S/C15H16N4O3S/c20-19(21)13-3-1-12(2-4-13)17-16-11-14-5-6-15(23-14)18-7-9-22-10-8-18/h1-6,11,17H,7-10H2. The molecule has 1 fully saturated rings. The van der Waals surface area contributed by atoms with Crippen LogP contribution in [0, 0.1) is 10.1 Å². The molecule has 1 aromatic heterocycles. The van der Waals surface area contributed by atoms with E-state index in [1.54, 1.807) is 29.7 Å². The first-order valence-electron chi connectivity index (χ1n) is 7.18. The van der Waals surface area contributed by atoms with Gasteiger partial charge in [0.1, 0.15) is 0 Å². The molecule has 0 atom stereocenters. The van der Waals surface area contributed by atoms with Crippen LogP contribution in [0.2, 0.25) is 0 Å². The Bertz CT molecular complexity index is 693. The molecule has 2 heterocycles. The second-order valence-corrected chi connectivity index (χ2v) is 6.04. The van der Waals surface area contributed by atoms with Gasteiger partial charge in [0, 0.05) is 30.1 Å². The third-order valence-corrected chi connectivity index (χ3v) is 4.48. The van der Waals surface area contributed by atoms with Gasteiger partial charge in [-0.15, -0.1) is 11.3 Å². The normalized spacial score (nSPS) is 15.0. The summed E-state index contributed by atoms with van der Waals surface area (Å²) in [6.45, 7) is 3.36. The number of nitro groups is 1. The number of hydrogen-bond acceptors (Lipinski definition) is 7. The number of hydrogen-bond donors (Lipinski definition) is 1. The van der Waals surface area contributed by atoms with Crippen molar-refractivity contribution in [2.45, 2.75) is 0 Å². The quantitative estimate of drug-likeness (QED) is 0.517. The molecular formula is C15H16N4O3S. The number of non-ortho nitro benzene ring substituents is 1. The summed E-state index contributed by atoms with van der Waals surface area (Å²) in [7, 11) is 0. The van der Waals surface area contributed by atoms with Gasteiger partial charge in [-0.3, -0.25) is 15.5 Å². The van der Waals surface area contributed by atoms with Gasteiger partial charge in [0.05, 0.1) is 35.0 Å². The predicted octanol–water partition coefficient (Wildman–Crippen LogP) is 2.94. The summed E-state index contributed by atoms with van der Waals surface area (Å²) in [5.41, 5.74) is 3.64. The Kier molecular flexibility index (Phi) is 4.84. The summed E-state index contributed by atoms with van der Waals surface area (Å²) >= 11 is 1.67. The van der Waals surface area contributed by atoms with Crippen molar-refractivity contribution >= 4 is 33.9 Å². The molecule has 1 aliphatic heterocycles. The molecule has 0 radical (unpaired) electrons. The molecule has 0 aliphatic carbocycles. The predicted molar refractivity (Wildman–Crippen MR) is 91.7 cm³/mol. The molecule has 1 saturated heterocycles. The van der Waals surface area contributed by atoms with Gasteiger partial charge in [0.25, 0.3) is 5.69 Å². The molecule has 0 unspecified atom stereocenters. The second kappa shape index (κ2) is 7.21. The molecule has 3 rings (SSSR count). The maximum Gasteiger partial charge on any atom is 0.269 e. The van der Waals surface area contributed by atoms with Crippen LogP contribution in [0.1, 0.15) is 4.88 Å². The molecule has 0 amide bonds. The minimum Gasteiger partial charge on any atom is -0.378 e. The van der Waals surface area contributed by atoms with Crippen molar-refractivity contribution in [1.29, 1.82) is 0 Å². The highest BCUT2D eigenvalue weighted by molar-refractivity contribution is 7.17. The van der Waals surface area contributed by atoms with Gasteiger partial charge in [-0.2, -0.15) is 5.10 Å². The minimum atomic E-state index is -0.425. The highest BCUT2D eigenvalue weighted by Gasteiger charge is 2.12. The number of rotatable bonds is 5. The Balaban J connectivity index is 1.57. The third kappa shape index (κ3) is 4.05. The first-order chi connectivity index (χ1) is 11.2. The van der Waals surface area contributed by atoms with Crippen LogP contribution in [0.5, 0.6) is 0 Å². The zero-order valence-electron chi connectivity index (χ0n) is 12.3. The summed E-state index contributed by atoms with van der Waals surface area (Å²) in [4.78, 5) is 13.5. The van der Waals surface area contributed by atoms with Crippen LogP contribution >= 0.6 is 11.3 Å². The van der Waals surface area contributed by atoms with E-state index in [0.717, 1.165) is 31.2 Å². The highest BCUT2D eigenvalue weighted by atomic mass is 32.1. The summed E-state index contributed by atoms with van der Waals surface area (Å²) in [5, 5.41) is 16.0. The maximum absolute atomic E-state index is 10.6. The van der Waals surface area contributed by atoms with E-state index in [2.05, 4.69) is 21.5 Å². The lowest BCUT2D eigenvalue weighted by molar-refractivity contribution is -0.384. The van der Waals surface area contributed by atoms with E-state index < -0.39 is 4.92 Å². The first-order valence-corrected chi connectivity index (χ1v) is 8.00. The summed E-state index contributed by atoms with van der Waals surface area (Å²) in [5.74, 6) is 0. The fourth-order valence-corrected chi connectivity index (χ4v) is 3.12. The lowest BCUT2D eigenvalue weighted by Crippen LogP contribution is -2.35. The first kappa shape index (κ1) is 15.4. The highest BCUT2D eigenvalue weighted by Crippen LogP contribution is 2.25. The molecule has 23 heavy (non-hydrogen) atoms. The van der Waals surface area contributed by atoms with Crippen molar-refractivity contribution in [3.8, 4) is 0 Å². The topological polar surface area (TPSA) is 80.0 Å². The number of nitro benzene ring substituents is 1. The monoisotopic (exact) mass is 332 g/mol. The molecule has 2 aromatic rings. The maximum atomic E-state index is 10.6. The summed E-state index contributed by atoms with van der Waals surface area (Å²) in [6.07, 6.45) is 1.75. The summed E-state index contributed by atoms with van der Waals surface area (Å²) < 4.78 is 5.35. The number of hydrazone groups is 1. The molecule has 0 bridgehead atoms. The van der Waals surface area contributed by atoms with E-state index in [1.807, 2.05) is 6.07 Å². The Morgan fingerprint density at radius 2 is 1.96 bits per heavy atom. The van der Waals surface area contributed by atoms with E-state index in [0.29, 0.717) is 5.69 Å². The van der Waals surface area contributed by atoms with E-state index in [1.165, 1.54) is 17.1 Å². The molecule has 120 valence electrons. The number of benzene rings is 1. The van der Waals surface area contributed by atoms with Crippen LogP contribution < -0.4 is 10.3 Å². The van der Waals surface area contributed by atoms with Crippen LogP contribution in [0.3, 0.4) is 0 Å². The Morgan fingerprint density at radius 1 is 1.22 bits per heavy atom. The van der Waals surface area contributed by atoms with E-state index >= 15 is 0 Å². The number of ether oxygens (including phenoxy) is 1. The van der Waals surface area contributed by atoms with Crippen molar-refractivity contribution in [2.24, 2.45) is 5.10 Å². The Labute approximate surface area is 137 Å². The average molecular weight is 332 g/mol. The third-order valence-electron chi connectivity index (χ3n) is 3.40. The van der Waals surface area contributed by atoms with Gasteiger partial charge in [0.15, 0.2) is 0 Å². The molecule has 7 nitrogen and oxygen atoms in total. The number of nitrogens with zero attached hydrogens (tertiary/aromatic N) is 3. The average Bonchev–Trinajstić information content (AvgIpc) is 3.05. The van der Waals surface area contributed by atoms with Gasteiger partial charge in [-0.05, 0) is 24.3 Å². The minimum absolute atomic E-state index is 0.0629. The Hall–Kier alpha value is -2.45. The van der Waals surface area contributed by atoms with Crippen LogP contribution in [0.15, 0.2) is 41.5 Å². The molecular weight excluding hydrogens is 316 g/mol. The lowest BCUT2D eigenvalue weighted by atomic mass is 10.3. The second-order valence-electron chi connectivity index (χ2n) is 4.95. The Morgan fingerprint density at radius 3 is 2.65 bits per heavy atom. The van der Waals surface area contributed by atoms with Crippen molar-refractivity contribution < 1.29 is 9.66 Å². The van der Waals surface area contributed by atoms with Gasteiger partial charge >= 0.3 is 0 Å². The zero-order chi connectivity index (χ0) is 16.1. The van der Waals surface area contributed by atoms with Gasteiger partial charge in [-0.1, -0.05) is 0 Å². The molecule has 1 aliphatic rings. The van der Waals surface area contributed by atoms with Crippen LogP contribution in [-0.4, -0.2) is 37.4 Å². The van der Waals surface area contributed by atoms with Crippen LogP contribution in [0.25, 0.3) is 0 Å². The molecule has 0 spiro atoms. The molecule has 1 aromatic carbocycles. The van der Waals surface area contributed by atoms with E-state index in [9.17, 15) is 10.1 Å². The largest absolute Gasteiger partial charge is 0.378 e. The number of thiophene rings is 1. The van der Waals surface area contributed by atoms with Crippen LogP contribution in [0.4, 0.5) is 16.4 Å². The zero-order valence-corrected chi connectivity index (χ0v) is 13.2. The number of nitrogens with one attached hydrogen (secondary N) is 1. The van der Waals surface area contributed by atoms with E-state index in [4.69, 9.17) is 4.74 Å². The van der Waals surface area contributed by atoms with Gasteiger partial charge in [-0.25, -0.2) is 0 Å². The molecule has 0 saturated carbocycles. The fourth-order valence-electron chi connectivity index (χ4n) is 2.19. The van der Waals surface area contributed by atoms with Crippen molar-refractivity contribution in [3.63, 3.8) is 0 Å². The van der Waals surface area contributed by atoms with Crippen molar-refractivity contribution in [2.75, 3.05) is 36.6 Å². The van der Waals surface area contributed by atoms with Crippen LogP contribution in [-0.2, 0) is 4.74 Å². The van der Waals surface area contributed by atoms with E-state index in [-0.39, 0.29) is 5.69 Å². The van der Waals surface area contributed by atoms with Crippen molar-refractivity contribution in [3.05, 3.63) is 51.4 Å². The molecule has 8 heteroatoms. The number of morpholine rings is 1. The number of anilines is 2. The molecule has 1 N–H and O–H groups in total. The van der Waals surface area contributed by atoms with Crippen molar-refractivity contribution in [1.82, 2.24) is 0 Å².